The summed E-state index contributed by atoms with van der Waals surface area (Å²) in [4.78, 5) is 0. The summed E-state index contributed by atoms with van der Waals surface area (Å²) in [6, 6.07) is 15.9. The molecule has 0 aromatic heterocycles. The molecule has 1 atom stereocenters. The van der Waals surface area contributed by atoms with Crippen molar-refractivity contribution in [2.24, 2.45) is 5.73 Å². The molecular weight excluding hydrogens is 318 g/mol. The van der Waals surface area contributed by atoms with Gasteiger partial charge in [-0.05, 0) is 35.4 Å². The number of methoxy groups -OCH3 is 1. The van der Waals surface area contributed by atoms with Crippen LogP contribution in [-0.2, 0) is 11.3 Å². The van der Waals surface area contributed by atoms with E-state index in [9.17, 15) is 0 Å². The molecule has 0 aliphatic carbocycles. The lowest BCUT2D eigenvalue weighted by molar-refractivity contribution is 0.183. The SMILES string of the molecule is COCc1cccc(OC(CN)c2ccc(Br)cc2)c1. The number of rotatable bonds is 6. The van der Waals surface area contributed by atoms with Crippen molar-refractivity contribution in [1.82, 2.24) is 0 Å². The summed E-state index contributed by atoms with van der Waals surface area (Å²) in [7, 11) is 1.68. The first-order chi connectivity index (χ1) is 9.72. The van der Waals surface area contributed by atoms with Crippen LogP contribution in [0.1, 0.15) is 17.2 Å². The van der Waals surface area contributed by atoms with Crippen LogP contribution in [-0.4, -0.2) is 13.7 Å². The molecule has 2 rings (SSSR count). The molecule has 2 aromatic carbocycles. The predicted octanol–water partition coefficient (Wildman–Crippen LogP) is 3.67. The van der Waals surface area contributed by atoms with Crippen molar-refractivity contribution in [3.8, 4) is 5.75 Å². The molecule has 0 aliphatic rings. The largest absolute Gasteiger partial charge is 0.484 e. The van der Waals surface area contributed by atoms with Crippen LogP contribution in [0.5, 0.6) is 5.75 Å². The average Bonchev–Trinajstić information content (AvgIpc) is 2.47. The summed E-state index contributed by atoms with van der Waals surface area (Å²) < 4.78 is 12.1. The molecule has 0 bridgehead atoms. The molecule has 0 saturated carbocycles. The highest BCUT2D eigenvalue weighted by Gasteiger charge is 2.11. The van der Waals surface area contributed by atoms with E-state index in [1.54, 1.807) is 7.11 Å². The Morgan fingerprint density at radius 3 is 2.55 bits per heavy atom. The smallest absolute Gasteiger partial charge is 0.136 e. The Balaban J connectivity index is 2.13. The van der Waals surface area contributed by atoms with Crippen LogP contribution in [0, 0.1) is 0 Å². The summed E-state index contributed by atoms with van der Waals surface area (Å²) in [5.74, 6) is 0.804. The van der Waals surface area contributed by atoms with Gasteiger partial charge in [0.05, 0.1) is 6.61 Å². The molecule has 0 radical (unpaired) electrons. The van der Waals surface area contributed by atoms with Gasteiger partial charge < -0.3 is 15.2 Å². The summed E-state index contributed by atoms with van der Waals surface area (Å²) >= 11 is 3.42. The van der Waals surface area contributed by atoms with Crippen LogP contribution in [0.25, 0.3) is 0 Å². The maximum Gasteiger partial charge on any atom is 0.136 e. The zero-order valence-electron chi connectivity index (χ0n) is 11.4. The van der Waals surface area contributed by atoms with Gasteiger partial charge in [-0.3, -0.25) is 0 Å². The van der Waals surface area contributed by atoms with Crippen LogP contribution in [0.2, 0.25) is 0 Å². The fraction of sp³-hybridized carbons (Fsp3) is 0.250. The first-order valence-corrected chi connectivity index (χ1v) is 7.22. The number of hydrogen-bond acceptors (Lipinski definition) is 3. The summed E-state index contributed by atoms with van der Waals surface area (Å²) in [6.45, 7) is 0.999. The van der Waals surface area contributed by atoms with Gasteiger partial charge in [-0.15, -0.1) is 0 Å². The van der Waals surface area contributed by atoms with E-state index < -0.39 is 0 Å². The van der Waals surface area contributed by atoms with E-state index in [1.807, 2.05) is 48.5 Å². The molecular formula is C16H18BrNO2. The number of halogens is 1. The van der Waals surface area contributed by atoms with Gasteiger partial charge in [0.2, 0.25) is 0 Å². The summed E-state index contributed by atoms with van der Waals surface area (Å²) in [5, 5.41) is 0. The number of nitrogens with two attached hydrogens (primary N) is 1. The zero-order valence-corrected chi connectivity index (χ0v) is 13.0. The second kappa shape index (κ2) is 7.43. The topological polar surface area (TPSA) is 44.5 Å². The Labute approximate surface area is 127 Å². The Bertz CT molecular complexity index is 542. The van der Waals surface area contributed by atoms with Gasteiger partial charge in [-0.2, -0.15) is 0 Å². The summed E-state index contributed by atoms with van der Waals surface area (Å²) in [5.41, 5.74) is 7.97. The molecule has 3 nitrogen and oxygen atoms in total. The van der Waals surface area contributed by atoms with Gasteiger partial charge in [0.25, 0.3) is 0 Å². The lowest BCUT2D eigenvalue weighted by Gasteiger charge is -2.18. The van der Waals surface area contributed by atoms with E-state index in [2.05, 4.69) is 15.9 Å². The van der Waals surface area contributed by atoms with Crippen molar-refractivity contribution in [3.05, 3.63) is 64.1 Å². The van der Waals surface area contributed by atoms with Gasteiger partial charge in [-0.1, -0.05) is 40.2 Å². The molecule has 20 heavy (non-hydrogen) atoms. The first kappa shape index (κ1) is 15.0. The Morgan fingerprint density at radius 1 is 1.15 bits per heavy atom. The zero-order chi connectivity index (χ0) is 14.4. The first-order valence-electron chi connectivity index (χ1n) is 6.43. The highest BCUT2D eigenvalue weighted by atomic mass is 79.9. The van der Waals surface area contributed by atoms with E-state index in [1.165, 1.54) is 0 Å². The van der Waals surface area contributed by atoms with Gasteiger partial charge in [0, 0.05) is 18.1 Å². The van der Waals surface area contributed by atoms with Gasteiger partial charge in [0.1, 0.15) is 11.9 Å². The Hall–Kier alpha value is -1.36. The monoisotopic (exact) mass is 335 g/mol. The van der Waals surface area contributed by atoms with E-state index in [0.29, 0.717) is 13.2 Å². The standard InChI is InChI=1S/C16H18BrNO2/c1-19-11-12-3-2-4-15(9-12)20-16(10-18)13-5-7-14(17)8-6-13/h2-9,16H,10-11,18H2,1H3. The molecule has 0 heterocycles. The predicted molar refractivity (Wildman–Crippen MR) is 83.7 cm³/mol. The molecule has 0 amide bonds. The highest BCUT2D eigenvalue weighted by molar-refractivity contribution is 9.10. The van der Waals surface area contributed by atoms with Crippen molar-refractivity contribution in [2.75, 3.05) is 13.7 Å². The maximum absolute atomic E-state index is 5.98. The number of ether oxygens (including phenoxy) is 2. The minimum Gasteiger partial charge on any atom is -0.484 e. The second-order valence-corrected chi connectivity index (χ2v) is 5.39. The van der Waals surface area contributed by atoms with Gasteiger partial charge in [-0.25, -0.2) is 0 Å². The molecule has 2 aromatic rings. The molecule has 0 fully saturated rings. The molecule has 0 saturated heterocycles. The van der Waals surface area contributed by atoms with Gasteiger partial charge >= 0.3 is 0 Å². The average molecular weight is 336 g/mol. The third-order valence-electron chi connectivity index (χ3n) is 2.94. The fourth-order valence-corrected chi connectivity index (χ4v) is 2.23. The van der Waals surface area contributed by atoms with Crippen molar-refractivity contribution in [3.63, 3.8) is 0 Å². The highest BCUT2D eigenvalue weighted by Crippen LogP contribution is 2.23. The van der Waals surface area contributed by atoms with Crippen LogP contribution >= 0.6 is 15.9 Å². The van der Waals surface area contributed by atoms with E-state index in [4.69, 9.17) is 15.2 Å². The Kier molecular flexibility index (Phi) is 5.59. The van der Waals surface area contributed by atoms with Crippen molar-refractivity contribution in [1.29, 1.82) is 0 Å². The van der Waals surface area contributed by atoms with Crippen LogP contribution < -0.4 is 10.5 Å². The van der Waals surface area contributed by atoms with Crippen LogP contribution in [0.3, 0.4) is 0 Å². The number of hydrogen-bond donors (Lipinski definition) is 1. The molecule has 4 heteroatoms. The summed E-state index contributed by atoms with van der Waals surface area (Å²) in [6.07, 6.45) is -0.152. The fourth-order valence-electron chi connectivity index (χ4n) is 1.97. The minimum absolute atomic E-state index is 0.152. The van der Waals surface area contributed by atoms with Gasteiger partial charge in [0.15, 0.2) is 0 Å². The molecule has 106 valence electrons. The normalized spacial score (nSPS) is 12.2. The minimum atomic E-state index is -0.152. The van der Waals surface area contributed by atoms with E-state index >= 15 is 0 Å². The third-order valence-corrected chi connectivity index (χ3v) is 3.47. The quantitative estimate of drug-likeness (QED) is 0.875. The molecule has 2 N–H and O–H groups in total. The third kappa shape index (κ3) is 4.07. The van der Waals surface area contributed by atoms with E-state index in [0.717, 1.165) is 21.3 Å². The van der Waals surface area contributed by atoms with Crippen molar-refractivity contribution >= 4 is 15.9 Å². The Morgan fingerprint density at radius 2 is 1.90 bits per heavy atom. The van der Waals surface area contributed by atoms with E-state index in [-0.39, 0.29) is 6.10 Å². The lowest BCUT2D eigenvalue weighted by atomic mass is 10.1. The maximum atomic E-state index is 5.98. The number of benzene rings is 2. The molecule has 0 aliphatic heterocycles. The van der Waals surface area contributed by atoms with Crippen LogP contribution in [0.15, 0.2) is 53.0 Å². The van der Waals surface area contributed by atoms with Crippen molar-refractivity contribution in [2.45, 2.75) is 12.7 Å². The molecule has 1 unspecified atom stereocenters. The lowest BCUT2D eigenvalue weighted by Crippen LogP contribution is -2.18. The van der Waals surface area contributed by atoms with Crippen molar-refractivity contribution < 1.29 is 9.47 Å². The molecule has 0 spiro atoms. The second-order valence-electron chi connectivity index (χ2n) is 4.47. The van der Waals surface area contributed by atoms with Crippen LogP contribution in [0.4, 0.5) is 0 Å².